The molecule has 0 saturated heterocycles. The van der Waals surface area contributed by atoms with Crippen molar-refractivity contribution in [1.82, 2.24) is 19.4 Å². The summed E-state index contributed by atoms with van der Waals surface area (Å²) in [6.07, 6.45) is 6.61. The van der Waals surface area contributed by atoms with Crippen molar-refractivity contribution in [2.24, 2.45) is 0 Å². The minimum atomic E-state index is 0.873. The first-order chi connectivity index (χ1) is 13.9. The lowest BCUT2D eigenvalue weighted by atomic mass is 9.96. The fourth-order valence-corrected chi connectivity index (χ4v) is 4.79. The predicted molar refractivity (Wildman–Crippen MR) is 112 cm³/mol. The summed E-state index contributed by atoms with van der Waals surface area (Å²) in [5, 5.41) is 3.62. The molecule has 0 radical (unpaired) electrons. The van der Waals surface area contributed by atoms with Gasteiger partial charge in [-0.3, -0.25) is 9.38 Å². The molecule has 4 nitrogen and oxygen atoms in total. The highest BCUT2D eigenvalue weighted by Gasteiger charge is 2.24. The molecule has 4 aromatic heterocycles. The normalized spacial score (nSPS) is 12.9. The van der Waals surface area contributed by atoms with Crippen LogP contribution in [-0.2, 0) is 6.42 Å². The molecule has 0 spiro atoms. The van der Waals surface area contributed by atoms with Crippen LogP contribution in [0.1, 0.15) is 11.1 Å². The number of aromatic nitrogens is 4. The van der Waals surface area contributed by atoms with Gasteiger partial charge in [0.05, 0.1) is 11.7 Å². The Hall–Kier alpha value is -3.79. The summed E-state index contributed by atoms with van der Waals surface area (Å²) in [7, 11) is 0. The number of benzene rings is 2. The minimum absolute atomic E-state index is 0.873. The van der Waals surface area contributed by atoms with Crippen LogP contribution in [0.15, 0.2) is 73.2 Å². The number of pyridine rings is 3. The number of fused-ring (bicyclic) bond motifs is 12. The van der Waals surface area contributed by atoms with Crippen molar-refractivity contribution < 1.29 is 0 Å². The molecule has 1 aliphatic rings. The van der Waals surface area contributed by atoms with E-state index in [9.17, 15) is 0 Å². The van der Waals surface area contributed by atoms with Gasteiger partial charge in [0, 0.05) is 28.6 Å². The zero-order valence-electron chi connectivity index (χ0n) is 14.9. The first-order valence-electron chi connectivity index (χ1n) is 9.43. The van der Waals surface area contributed by atoms with Crippen LogP contribution in [0.25, 0.3) is 49.6 Å². The molecular weight excluding hydrogens is 344 g/mol. The van der Waals surface area contributed by atoms with E-state index in [0.717, 1.165) is 34.1 Å². The lowest BCUT2D eigenvalue weighted by Crippen LogP contribution is -1.95. The van der Waals surface area contributed by atoms with E-state index >= 15 is 0 Å². The van der Waals surface area contributed by atoms with Crippen molar-refractivity contribution in [3.8, 4) is 11.1 Å². The van der Waals surface area contributed by atoms with Gasteiger partial charge < -0.3 is 0 Å². The summed E-state index contributed by atoms with van der Waals surface area (Å²) in [5.41, 5.74) is 9.21. The van der Waals surface area contributed by atoms with Crippen LogP contribution in [-0.4, -0.2) is 19.4 Å². The Morgan fingerprint density at radius 1 is 0.786 bits per heavy atom. The average molecular weight is 358 g/mol. The summed E-state index contributed by atoms with van der Waals surface area (Å²) in [6.45, 7) is 0. The molecule has 6 aromatic rings. The number of hydrogen-bond donors (Lipinski definition) is 0. The molecule has 0 N–H and O–H groups in total. The van der Waals surface area contributed by atoms with Crippen LogP contribution >= 0.6 is 0 Å². The van der Waals surface area contributed by atoms with Gasteiger partial charge in [-0.15, -0.1) is 0 Å². The zero-order valence-corrected chi connectivity index (χ0v) is 14.9. The van der Waals surface area contributed by atoms with Crippen molar-refractivity contribution in [2.45, 2.75) is 6.42 Å². The topological polar surface area (TPSA) is 43.1 Å². The summed E-state index contributed by atoms with van der Waals surface area (Å²) >= 11 is 0. The van der Waals surface area contributed by atoms with Gasteiger partial charge >= 0.3 is 0 Å². The Morgan fingerprint density at radius 3 is 2.75 bits per heavy atom. The Morgan fingerprint density at radius 2 is 1.75 bits per heavy atom. The fraction of sp³-hybridized carbons (Fsp3) is 0.0417. The Balaban J connectivity index is 1.82. The second-order valence-corrected chi connectivity index (χ2v) is 7.37. The molecule has 4 heterocycles. The summed E-state index contributed by atoms with van der Waals surface area (Å²) in [5.74, 6) is 0. The van der Waals surface area contributed by atoms with E-state index in [2.05, 4.69) is 56.8 Å². The Bertz CT molecular complexity index is 1590. The molecule has 0 fully saturated rings. The second kappa shape index (κ2) is 4.93. The standard InChI is InChI=1S/C24H14N4/c1-2-5-16-14(4-1)12-15-7-8-18-22(21(15)16)17-9-11-25-13-20(17)28-23(18)27-19-6-3-10-26-24(19)28/h1-11,13H,12H2. The lowest BCUT2D eigenvalue weighted by molar-refractivity contribution is 1.22. The van der Waals surface area contributed by atoms with Crippen LogP contribution in [0.2, 0.25) is 0 Å². The number of imidazole rings is 1. The Labute approximate surface area is 160 Å². The van der Waals surface area contributed by atoms with Gasteiger partial charge in [0.1, 0.15) is 11.2 Å². The molecule has 2 aromatic carbocycles. The summed E-state index contributed by atoms with van der Waals surface area (Å²) in [6, 6.07) is 19.3. The van der Waals surface area contributed by atoms with Crippen LogP contribution in [0.5, 0.6) is 0 Å². The molecule has 28 heavy (non-hydrogen) atoms. The maximum Gasteiger partial charge on any atom is 0.165 e. The van der Waals surface area contributed by atoms with Crippen molar-refractivity contribution >= 4 is 38.5 Å². The molecule has 0 amide bonds. The third-order valence-electron chi connectivity index (χ3n) is 5.93. The highest BCUT2D eigenvalue weighted by Crippen LogP contribution is 2.44. The van der Waals surface area contributed by atoms with Gasteiger partial charge in [0.25, 0.3) is 0 Å². The SMILES string of the molecule is c1ccc2c(c1)Cc1ccc3c(c1-2)c1ccncc1n1c2ncccc2nc31. The Kier molecular flexibility index (Phi) is 2.51. The number of hydrogen-bond acceptors (Lipinski definition) is 3. The number of rotatable bonds is 0. The first-order valence-corrected chi connectivity index (χ1v) is 9.43. The van der Waals surface area contributed by atoms with E-state index in [1.807, 2.05) is 30.7 Å². The fourth-order valence-electron chi connectivity index (χ4n) is 4.79. The summed E-state index contributed by atoms with van der Waals surface area (Å²) in [4.78, 5) is 14.0. The molecule has 0 aliphatic heterocycles. The highest BCUT2D eigenvalue weighted by atomic mass is 15.1. The maximum atomic E-state index is 4.95. The molecule has 130 valence electrons. The van der Waals surface area contributed by atoms with E-state index in [0.29, 0.717) is 0 Å². The zero-order chi connectivity index (χ0) is 18.2. The third-order valence-corrected chi connectivity index (χ3v) is 5.93. The van der Waals surface area contributed by atoms with Crippen molar-refractivity contribution in [2.75, 3.05) is 0 Å². The molecule has 7 rings (SSSR count). The molecule has 1 aliphatic carbocycles. The van der Waals surface area contributed by atoms with Gasteiger partial charge in [-0.1, -0.05) is 36.4 Å². The average Bonchev–Trinajstić information content (AvgIpc) is 3.32. The third kappa shape index (κ3) is 1.63. The number of nitrogens with zero attached hydrogens (tertiary/aromatic N) is 4. The molecule has 0 bridgehead atoms. The smallest absolute Gasteiger partial charge is 0.165 e. The molecule has 0 saturated carbocycles. The van der Waals surface area contributed by atoms with Gasteiger partial charge in [-0.25, -0.2) is 9.97 Å². The molecule has 4 heteroatoms. The van der Waals surface area contributed by atoms with E-state index < -0.39 is 0 Å². The lowest BCUT2D eigenvalue weighted by Gasteiger charge is -2.12. The van der Waals surface area contributed by atoms with Gasteiger partial charge in [-0.05, 0) is 46.9 Å². The summed E-state index contributed by atoms with van der Waals surface area (Å²) < 4.78 is 2.15. The van der Waals surface area contributed by atoms with Crippen molar-refractivity contribution in [1.29, 1.82) is 0 Å². The molecule has 0 unspecified atom stereocenters. The molecular formula is C24H14N4. The van der Waals surface area contributed by atoms with Crippen molar-refractivity contribution in [3.05, 3.63) is 84.3 Å². The van der Waals surface area contributed by atoms with Crippen LogP contribution < -0.4 is 0 Å². The quantitative estimate of drug-likeness (QED) is 0.352. The maximum absolute atomic E-state index is 4.95. The van der Waals surface area contributed by atoms with Gasteiger partial charge in [-0.2, -0.15) is 0 Å². The highest BCUT2D eigenvalue weighted by molar-refractivity contribution is 6.20. The van der Waals surface area contributed by atoms with Gasteiger partial charge in [0.15, 0.2) is 5.65 Å². The van der Waals surface area contributed by atoms with E-state index in [4.69, 9.17) is 4.98 Å². The van der Waals surface area contributed by atoms with Crippen molar-refractivity contribution in [3.63, 3.8) is 0 Å². The first kappa shape index (κ1) is 14.3. The van der Waals surface area contributed by atoms with Crippen LogP contribution in [0.4, 0.5) is 0 Å². The van der Waals surface area contributed by atoms with E-state index in [1.165, 1.54) is 33.0 Å². The molecule has 0 atom stereocenters. The van der Waals surface area contributed by atoms with Gasteiger partial charge in [0.2, 0.25) is 0 Å². The van der Waals surface area contributed by atoms with Crippen LogP contribution in [0, 0.1) is 0 Å². The second-order valence-electron chi connectivity index (χ2n) is 7.37. The van der Waals surface area contributed by atoms with E-state index in [-0.39, 0.29) is 0 Å². The minimum Gasteiger partial charge on any atom is -0.274 e. The van der Waals surface area contributed by atoms with E-state index in [1.54, 1.807) is 0 Å². The predicted octanol–water partition coefficient (Wildman–Crippen LogP) is 5.16. The monoisotopic (exact) mass is 358 g/mol. The largest absolute Gasteiger partial charge is 0.274 e. The van der Waals surface area contributed by atoms with Crippen LogP contribution in [0.3, 0.4) is 0 Å².